The van der Waals surface area contributed by atoms with Crippen LogP contribution in [-0.4, -0.2) is 99.9 Å². The number of piperidine rings is 1. The molecule has 0 aliphatic carbocycles. The first-order valence-corrected chi connectivity index (χ1v) is 12.5. The predicted octanol–water partition coefficient (Wildman–Crippen LogP) is -3.84. The third kappa shape index (κ3) is 6.77. The third-order valence-corrected chi connectivity index (χ3v) is 7.35. The van der Waals surface area contributed by atoms with Crippen LogP contribution >= 0.6 is 11.8 Å². The van der Waals surface area contributed by atoms with Crippen molar-refractivity contribution in [3.63, 3.8) is 0 Å². The fourth-order valence-electron chi connectivity index (χ4n) is 4.26. The number of carbonyl (C=O) groups is 6. The number of fused-ring (bicyclic) bond motifs is 1. The molecule has 2 bridgehead atoms. The van der Waals surface area contributed by atoms with Gasteiger partial charge in [0.05, 0.1) is 18.3 Å². The van der Waals surface area contributed by atoms with Gasteiger partial charge in [-0.3, -0.25) is 33.8 Å². The Morgan fingerprint density at radius 2 is 1.78 bits per heavy atom. The minimum absolute atomic E-state index is 0.117. The standard InChI is InChI=1S/C20H30N8O7S/c21-20(22)23-5-1-2-9-16(32)24-7-13(29)25-11(6-15(30)31)17(33)27-10-3-4-14-28(19(10)35)12(8-36-14)18(34)26-9/h9-12,14H,1-8H2,(H,24,32)(H,25,29)(H,26,34)(H,27,33)(H,30,31)(H4,21,22,23)/t9-,10?,11-,12?,14?/m1/s1. The average molecular weight is 527 g/mol. The largest absolute Gasteiger partial charge is 0.481 e. The van der Waals surface area contributed by atoms with Gasteiger partial charge in [-0.1, -0.05) is 0 Å². The molecule has 3 fully saturated rings. The summed E-state index contributed by atoms with van der Waals surface area (Å²) in [6.07, 6.45) is 0.578. The Balaban J connectivity index is 1.86. The molecule has 0 saturated carbocycles. The van der Waals surface area contributed by atoms with Crippen molar-refractivity contribution in [1.29, 1.82) is 0 Å². The molecule has 5 atom stereocenters. The molecule has 0 aromatic heterocycles. The number of carbonyl (C=O) groups excluding carboxylic acids is 5. The Morgan fingerprint density at radius 1 is 1.03 bits per heavy atom. The number of aliphatic carboxylic acids is 1. The highest BCUT2D eigenvalue weighted by atomic mass is 32.2. The van der Waals surface area contributed by atoms with Gasteiger partial charge < -0.3 is 42.7 Å². The van der Waals surface area contributed by atoms with Gasteiger partial charge in [0, 0.05) is 12.3 Å². The van der Waals surface area contributed by atoms with Crippen molar-refractivity contribution < 1.29 is 33.9 Å². The number of guanidine groups is 1. The summed E-state index contributed by atoms with van der Waals surface area (Å²) in [5.74, 6) is -4.46. The van der Waals surface area contributed by atoms with Crippen molar-refractivity contribution >= 4 is 53.2 Å². The van der Waals surface area contributed by atoms with Crippen molar-refractivity contribution in [2.45, 2.75) is 61.6 Å². The number of carboxylic acids is 1. The minimum atomic E-state index is -1.46. The molecule has 3 aliphatic heterocycles. The summed E-state index contributed by atoms with van der Waals surface area (Å²) in [4.78, 5) is 80.9. The number of thioether (sulfide) groups is 1. The normalized spacial score (nSPS) is 29.2. The van der Waals surface area contributed by atoms with Gasteiger partial charge in [-0.2, -0.15) is 0 Å². The summed E-state index contributed by atoms with van der Waals surface area (Å²) in [6.45, 7) is -0.348. The maximum Gasteiger partial charge on any atom is 0.305 e. The number of nitrogens with two attached hydrogens (primary N) is 2. The van der Waals surface area contributed by atoms with E-state index in [0.29, 0.717) is 25.0 Å². The van der Waals surface area contributed by atoms with Gasteiger partial charge in [-0.05, 0) is 25.7 Å². The first-order valence-electron chi connectivity index (χ1n) is 11.5. The maximum atomic E-state index is 13.2. The summed E-state index contributed by atoms with van der Waals surface area (Å²) < 4.78 is 0. The lowest BCUT2D eigenvalue weighted by Crippen LogP contribution is -2.61. The Labute approximate surface area is 210 Å². The number of rotatable bonds is 6. The lowest BCUT2D eigenvalue weighted by atomic mass is 10.0. The average Bonchev–Trinajstić information content (AvgIpc) is 3.24. The van der Waals surface area contributed by atoms with Gasteiger partial charge in [-0.25, -0.2) is 0 Å². The van der Waals surface area contributed by atoms with Crippen LogP contribution in [0.15, 0.2) is 4.99 Å². The van der Waals surface area contributed by atoms with Crippen LogP contribution in [0.2, 0.25) is 0 Å². The van der Waals surface area contributed by atoms with Crippen LogP contribution in [0.1, 0.15) is 32.1 Å². The molecule has 0 spiro atoms. The Kier molecular flexibility index (Phi) is 8.95. The molecular weight excluding hydrogens is 496 g/mol. The van der Waals surface area contributed by atoms with E-state index in [1.165, 1.54) is 16.7 Å². The molecule has 198 valence electrons. The second-order valence-corrected chi connectivity index (χ2v) is 9.84. The zero-order valence-corrected chi connectivity index (χ0v) is 20.2. The molecule has 15 nitrogen and oxygen atoms in total. The van der Waals surface area contributed by atoms with Crippen molar-refractivity contribution in [3.8, 4) is 0 Å². The van der Waals surface area contributed by atoms with Crippen LogP contribution in [0.5, 0.6) is 0 Å². The highest BCUT2D eigenvalue weighted by Gasteiger charge is 2.47. The van der Waals surface area contributed by atoms with Crippen LogP contribution in [0.3, 0.4) is 0 Å². The molecule has 16 heteroatoms. The number of aliphatic imine (C=N–C) groups is 1. The van der Waals surface area contributed by atoms with Gasteiger partial charge in [0.1, 0.15) is 24.2 Å². The number of nitrogens with zero attached hydrogens (tertiary/aromatic N) is 2. The molecular formula is C20H30N8O7S. The summed E-state index contributed by atoms with van der Waals surface area (Å²) in [5.41, 5.74) is 10.6. The van der Waals surface area contributed by atoms with Gasteiger partial charge in [0.15, 0.2) is 5.96 Å². The fraction of sp³-hybridized carbons (Fsp3) is 0.650. The molecule has 3 saturated heterocycles. The van der Waals surface area contributed by atoms with E-state index in [4.69, 9.17) is 11.5 Å². The quantitative estimate of drug-likeness (QED) is 0.101. The summed E-state index contributed by atoms with van der Waals surface area (Å²) >= 11 is 1.43. The van der Waals surface area contributed by atoms with Gasteiger partial charge in [0.2, 0.25) is 29.5 Å². The molecule has 0 aromatic carbocycles. The molecule has 0 aromatic rings. The second kappa shape index (κ2) is 11.9. The number of nitrogens with one attached hydrogen (secondary N) is 4. The van der Waals surface area contributed by atoms with Crippen molar-refractivity contribution in [2.24, 2.45) is 16.5 Å². The van der Waals surface area contributed by atoms with E-state index in [1.54, 1.807) is 0 Å². The highest BCUT2D eigenvalue weighted by molar-refractivity contribution is 8.00. The first kappa shape index (κ1) is 27.0. The van der Waals surface area contributed by atoms with Crippen LogP contribution in [0, 0.1) is 0 Å². The van der Waals surface area contributed by atoms with E-state index >= 15 is 0 Å². The molecule has 3 unspecified atom stereocenters. The Bertz CT molecular complexity index is 956. The van der Waals surface area contributed by atoms with E-state index in [0.717, 1.165) is 0 Å². The van der Waals surface area contributed by atoms with E-state index < -0.39 is 72.6 Å². The number of carboxylic acid groups (broad SMARTS) is 1. The van der Waals surface area contributed by atoms with Crippen molar-refractivity contribution in [2.75, 3.05) is 18.8 Å². The van der Waals surface area contributed by atoms with Crippen LogP contribution in [0.25, 0.3) is 0 Å². The molecule has 36 heavy (non-hydrogen) atoms. The summed E-state index contributed by atoms with van der Waals surface area (Å²) in [6, 6.07) is -4.34. The van der Waals surface area contributed by atoms with Gasteiger partial charge in [0.25, 0.3) is 0 Å². The molecule has 5 amide bonds. The van der Waals surface area contributed by atoms with E-state index in [-0.39, 0.29) is 24.3 Å². The fourth-order valence-corrected chi connectivity index (χ4v) is 5.69. The van der Waals surface area contributed by atoms with E-state index in [1.807, 2.05) is 0 Å². The number of hydrogen-bond acceptors (Lipinski definition) is 8. The SMILES string of the molecule is NC(N)=NCCC[C@H]1NC(=O)C2CSC3CCC(NC(=O)[C@@H](CC(=O)O)NC(=O)CNC1=O)C(=O)N32. The lowest BCUT2D eigenvalue weighted by molar-refractivity contribution is -0.146. The Hall–Kier alpha value is -3.56. The zero-order chi connectivity index (χ0) is 26.4. The highest BCUT2D eigenvalue weighted by Crippen LogP contribution is 2.36. The smallest absolute Gasteiger partial charge is 0.305 e. The number of amides is 5. The Morgan fingerprint density at radius 3 is 2.47 bits per heavy atom. The van der Waals surface area contributed by atoms with Gasteiger partial charge in [-0.15, -0.1) is 11.8 Å². The molecule has 9 N–H and O–H groups in total. The topological polar surface area (TPSA) is 238 Å². The molecule has 3 rings (SSSR count). The predicted molar refractivity (Wildman–Crippen MR) is 127 cm³/mol. The van der Waals surface area contributed by atoms with Crippen LogP contribution in [0.4, 0.5) is 0 Å². The van der Waals surface area contributed by atoms with Gasteiger partial charge >= 0.3 is 5.97 Å². The van der Waals surface area contributed by atoms with E-state index in [2.05, 4.69) is 26.3 Å². The summed E-state index contributed by atoms with van der Waals surface area (Å²) in [7, 11) is 0. The summed E-state index contributed by atoms with van der Waals surface area (Å²) in [5, 5.41) is 18.8. The first-order chi connectivity index (χ1) is 17.1. The van der Waals surface area contributed by atoms with Crippen LogP contribution < -0.4 is 32.7 Å². The minimum Gasteiger partial charge on any atom is -0.481 e. The zero-order valence-electron chi connectivity index (χ0n) is 19.4. The number of hydrogen-bond donors (Lipinski definition) is 7. The maximum absolute atomic E-state index is 13.2. The van der Waals surface area contributed by atoms with Crippen molar-refractivity contribution in [3.05, 3.63) is 0 Å². The second-order valence-electron chi connectivity index (χ2n) is 8.63. The molecule has 3 heterocycles. The molecule has 0 radical (unpaired) electrons. The van der Waals surface area contributed by atoms with E-state index in [9.17, 15) is 33.9 Å². The molecule has 3 aliphatic rings. The third-order valence-electron chi connectivity index (χ3n) is 6.00. The van der Waals surface area contributed by atoms with Crippen LogP contribution in [-0.2, 0) is 28.8 Å². The lowest BCUT2D eigenvalue weighted by Gasteiger charge is -2.37. The van der Waals surface area contributed by atoms with Crippen molar-refractivity contribution in [1.82, 2.24) is 26.2 Å². The monoisotopic (exact) mass is 526 g/mol.